The Labute approximate surface area is 113 Å². The fourth-order valence-electron chi connectivity index (χ4n) is 2.31. The van der Waals surface area contributed by atoms with Gasteiger partial charge in [0.1, 0.15) is 11.6 Å². The van der Waals surface area contributed by atoms with E-state index in [1.54, 1.807) is 20.8 Å². The first kappa shape index (κ1) is 15.8. The minimum Gasteiger partial charge on any atom is -0.467 e. The van der Waals surface area contributed by atoms with Crippen molar-refractivity contribution < 1.29 is 24.2 Å². The molecule has 0 spiro atoms. The van der Waals surface area contributed by atoms with Crippen molar-refractivity contribution in [3.8, 4) is 0 Å². The standard InChI is InChI=1S/C13H23NO5/c1-6-8-10(15)7-9(11(16)18-5)14(8)12(17)19-13(2,3)4/h8-10,15H,6-7H2,1-5H3/t8?,9-,10+/m0/s1. The molecule has 1 rings (SSSR count). The lowest BCUT2D eigenvalue weighted by atomic mass is 10.1. The highest BCUT2D eigenvalue weighted by atomic mass is 16.6. The fourth-order valence-corrected chi connectivity index (χ4v) is 2.31. The molecule has 0 bridgehead atoms. The molecule has 6 heteroatoms. The number of amides is 1. The predicted octanol–water partition coefficient (Wildman–Crippen LogP) is 1.31. The van der Waals surface area contributed by atoms with Gasteiger partial charge in [0.25, 0.3) is 0 Å². The van der Waals surface area contributed by atoms with Crippen LogP contribution in [0.15, 0.2) is 0 Å². The molecule has 0 aromatic rings. The van der Waals surface area contributed by atoms with Gasteiger partial charge in [-0.15, -0.1) is 0 Å². The Kier molecular flexibility index (Phi) is 4.79. The van der Waals surface area contributed by atoms with Crippen LogP contribution in [0.1, 0.15) is 40.5 Å². The number of hydrogen-bond acceptors (Lipinski definition) is 5. The molecule has 1 saturated heterocycles. The Morgan fingerprint density at radius 1 is 1.37 bits per heavy atom. The van der Waals surface area contributed by atoms with E-state index in [2.05, 4.69) is 4.74 Å². The first-order chi connectivity index (χ1) is 8.71. The Bertz CT molecular complexity index is 349. The zero-order chi connectivity index (χ0) is 14.8. The van der Waals surface area contributed by atoms with Gasteiger partial charge in [-0.2, -0.15) is 0 Å². The van der Waals surface area contributed by atoms with Gasteiger partial charge in [-0.3, -0.25) is 4.90 Å². The van der Waals surface area contributed by atoms with Gasteiger partial charge in [0.15, 0.2) is 0 Å². The molecule has 19 heavy (non-hydrogen) atoms. The summed E-state index contributed by atoms with van der Waals surface area (Å²) in [5, 5.41) is 9.96. The van der Waals surface area contributed by atoms with Crippen LogP contribution >= 0.6 is 0 Å². The number of carbonyl (C=O) groups excluding carboxylic acids is 2. The molecule has 1 aliphatic rings. The largest absolute Gasteiger partial charge is 0.467 e. The van der Waals surface area contributed by atoms with Crippen molar-refractivity contribution in [3.63, 3.8) is 0 Å². The van der Waals surface area contributed by atoms with Crippen molar-refractivity contribution in [1.82, 2.24) is 4.90 Å². The number of esters is 1. The Hall–Kier alpha value is -1.30. The maximum Gasteiger partial charge on any atom is 0.411 e. The second-order valence-corrected chi connectivity index (χ2v) is 5.71. The monoisotopic (exact) mass is 273 g/mol. The van der Waals surface area contributed by atoms with Crippen LogP contribution in [0.25, 0.3) is 0 Å². The predicted molar refractivity (Wildman–Crippen MR) is 68.6 cm³/mol. The number of likely N-dealkylation sites (tertiary alicyclic amines) is 1. The summed E-state index contributed by atoms with van der Waals surface area (Å²) in [6.45, 7) is 7.12. The van der Waals surface area contributed by atoms with Crippen LogP contribution in [0.2, 0.25) is 0 Å². The average molecular weight is 273 g/mol. The lowest BCUT2D eigenvalue weighted by Crippen LogP contribution is -2.48. The summed E-state index contributed by atoms with van der Waals surface area (Å²) < 4.78 is 9.98. The topological polar surface area (TPSA) is 76.1 Å². The normalized spacial score (nSPS) is 27.3. The van der Waals surface area contributed by atoms with E-state index < -0.39 is 35.9 Å². The highest BCUT2D eigenvalue weighted by Gasteiger charge is 2.47. The number of carbonyl (C=O) groups is 2. The molecule has 1 unspecified atom stereocenters. The SMILES string of the molecule is CCC1[C@H](O)C[C@@H](C(=O)OC)N1C(=O)OC(C)(C)C. The zero-order valence-electron chi connectivity index (χ0n) is 12.2. The minimum absolute atomic E-state index is 0.185. The van der Waals surface area contributed by atoms with Gasteiger partial charge >= 0.3 is 12.1 Å². The van der Waals surface area contributed by atoms with Gasteiger partial charge < -0.3 is 14.6 Å². The molecule has 0 saturated carbocycles. The fraction of sp³-hybridized carbons (Fsp3) is 0.846. The summed E-state index contributed by atoms with van der Waals surface area (Å²) in [6, 6.07) is -1.20. The third kappa shape index (κ3) is 3.59. The van der Waals surface area contributed by atoms with E-state index >= 15 is 0 Å². The van der Waals surface area contributed by atoms with Crippen molar-refractivity contribution >= 4 is 12.1 Å². The van der Waals surface area contributed by atoms with Crippen LogP contribution in [0, 0.1) is 0 Å². The average Bonchev–Trinajstić information content (AvgIpc) is 2.62. The lowest BCUT2D eigenvalue weighted by Gasteiger charge is -2.31. The summed E-state index contributed by atoms with van der Waals surface area (Å²) in [4.78, 5) is 25.2. The number of nitrogens with zero attached hydrogens (tertiary/aromatic N) is 1. The van der Waals surface area contributed by atoms with Crippen LogP contribution in [0.4, 0.5) is 4.79 Å². The quantitative estimate of drug-likeness (QED) is 0.768. The molecule has 0 aliphatic carbocycles. The third-order valence-corrected chi connectivity index (χ3v) is 3.10. The molecule has 1 heterocycles. The van der Waals surface area contributed by atoms with Crippen molar-refractivity contribution in [1.29, 1.82) is 0 Å². The number of rotatable bonds is 2. The minimum atomic E-state index is -0.778. The summed E-state index contributed by atoms with van der Waals surface area (Å²) in [5.74, 6) is -0.527. The van der Waals surface area contributed by atoms with Gasteiger partial charge in [-0.25, -0.2) is 9.59 Å². The number of aliphatic hydroxyl groups excluding tert-OH is 1. The summed E-state index contributed by atoms with van der Waals surface area (Å²) in [6.07, 6.45) is -0.592. The number of methoxy groups -OCH3 is 1. The van der Waals surface area contributed by atoms with E-state index in [1.165, 1.54) is 12.0 Å². The Balaban J connectivity index is 2.95. The van der Waals surface area contributed by atoms with Crippen LogP contribution in [-0.2, 0) is 14.3 Å². The molecule has 3 atom stereocenters. The first-order valence-electron chi connectivity index (χ1n) is 6.48. The van der Waals surface area contributed by atoms with Gasteiger partial charge in [0, 0.05) is 6.42 Å². The highest BCUT2D eigenvalue weighted by molar-refractivity contribution is 5.82. The second-order valence-electron chi connectivity index (χ2n) is 5.71. The molecule has 0 aromatic carbocycles. The summed E-state index contributed by atoms with van der Waals surface area (Å²) in [7, 11) is 1.27. The zero-order valence-corrected chi connectivity index (χ0v) is 12.2. The Morgan fingerprint density at radius 3 is 2.37 bits per heavy atom. The van der Waals surface area contributed by atoms with E-state index in [0.29, 0.717) is 6.42 Å². The van der Waals surface area contributed by atoms with Gasteiger partial charge in [0.05, 0.1) is 19.3 Å². The maximum atomic E-state index is 12.2. The van der Waals surface area contributed by atoms with Gasteiger partial charge in [-0.1, -0.05) is 6.92 Å². The van der Waals surface area contributed by atoms with Crippen LogP contribution < -0.4 is 0 Å². The summed E-state index contributed by atoms with van der Waals surface area (Å²) >= 11 is 0. The van der Waals surface area contributed by atoms with Gasteiger partial charge in [-0.05, 0) is 27.2 Å². The number of ether oxygens (including phenoxy) is 2. The number of aliphatic hydroxyl groups is 1. The van der Waals surface area contributed by atoms with E-state index in [0.717, 1.165) is 0 Å². The number of hydrogen-bond donors (Lipinski definition) is 1. The molecule has 0 radical (unpaired) electrons. The molecule has 6 nitrogen and oxygen atoms in total. The molecule has 110 valence electrons. The van der Waals surface area contributed by atoms with Crippen molar-refractivity contribution in [2.45, 2.75) is 64.3 Å². The molecule has 1 aliphatic heterocycles. The van der Waals surface area contributed by atoms with Crippen LogP contribution in [0.3, 0.4) is 0 Å². The van der Waals surface area contributed by atoms with Crippen molar-refractivity contribution in [3.05, 3.63) is 0 Å². The lowest BCUT2D eigenvalue weighted by molar-refractivity contribution is -0.146. The van der Waals surface area contributed by atoms with E-state index in [-0.39, 0.29) is 6.42 Å². The third-order valence-electron chi connectivity index (χ3n) is 3.10. The van der Waals surface area contributed by atoms with Crippen molar-refractivity contribution in [2.75, 3.05) is 7.11 Å². The van der Waals surface area contributed by atoms with Crippen LogP contribution in [-0.4, -0.2) is 53.0 Å². The van der Waals surface area contributed by atoms with E-state index in [4.69, 9.17) is 4.74 Å². The van der Waals surface area contributed by atoms with Crippen molar-refractivity contribution in [2.24, 2.45) is 0 Å². The molecule has 1 amide bonds. The summed E-state index contributed by atoms with van der Waals surface area (Å²) in [5.41, 5.74) is -0.649. The molecular formula is C13H23NO5. The van der Waals surface area contributed by atoms with Crippen LogP contribution in [0.5, 0.6) is 0 Å². The van der Waals surface area contributed by atoms with E-state index in [1.807, 2.05) is 6.92 Å². The second kappa shape index (κ2) is 5.77. The Morgan fingerprint density at radius 2 is 1.95 bits per heavy atom. The smallest absolute Gasteiger partial charge is 0.411 e. The molecule has 1 fully saturated rings. The molecular weight excluding hydrogens is 250 g/mol. The highest BCUT2D eigenvalue weighted by Crippen LogP contribution is 2.29. The maximum absolute atomic E-state index is 12.2. The molecule has 0 aromatic heterocycles. The van der Waals surface area contributed by atoms with Gasteiger partial charge in [0.2, 0.25) is 0 Å². The van der Waals surface area contributed by atoms with E-state index in [9.17, 15) is 14.7 Å². The first-order valence-corrected chi connectivity index (χ1v) is 6.48. The molecule has 1 N–H and O–H groups in total.